The van der Waals surface area contributed by atoms with E-state index in [-0.39, 0.29) is 12.3 Å². The average molecular weight is 410 g/mol. The van der Waals surface area contributed by atoms with Crippen LogP contribution in [-0.4, -0.2) is 26.2 Å². The highest BCUT2D eigenvalue weighted by Crippen LogP contribution is 2.27. The van der Waals surface area contributed by atoms with Crippen LogP contribution in [0.3, 0.4) is 0 Å². The number of halogens is 1. The first-order chi connectivity index (χ1) is 12.5. The molecule has 0 fully saturated rings. The first kappa shape index (κ1) is 18.1. The zero-order valence-electron chi connectivity index (χ0n) is 14.7. The number of carbonyl (C=O) groups excluding carboxylic acids is 1. The van der Waals surface area contributed by atoms with Crippen LogP contribution >= 0.6 is 15.9 Å². The number of hydrazone groups is 1. The van der Waals surface area contributed by atoms with Gasteiger partial charge < -0.3 is 4.90 Å². The summed E-state index contributed by atoms with van der Waals surface area (Å²) in [6.45, 7) is 0. The molecule has 5 heteroatoms. The summed E-state index contributed by atoms with van der Waals surface area (Å²) in [7, 11) is 3.99. The Labute approximate surface area is 161 Å². The molecular formula is C21H20BrN3O. The minimum atomic E-state index is -0.140. The highest BCUT2D eigenvalue weighted by molar-refractivity contribution is 9.10. The average Bonchev–Trinajstić information content (AvgIpc) is 2.65. The molecule has 4 nitrogen and oxygen atoms in total. The minimum absolute atomic E-state index is 0.140. The van der Waals surface area contributed by atoms with Crippen LogP contribution in [0.2, 0.25) is 0 Å². The van der Waals surface area contributed by atoms with Crippen molar-refractivity contribution in [2.45, 2.75) is 6.42 Å². The van der Waals surface area contributed by atoms with Crippen LogP contribution in [-0.2, 0) is 11.2 Å². The fraction of sp³-hybridized carbons (Fsp3) is 0.143. The summed E-state index contributed by atoms with van der Waals surface area (Å²) in [6, 6.07) is 19.9. The van der Waals surface area contributed by atoms with Crippen molar-refractivity contribution >= 4 is 44.5 Å². The fourth-order valence-electron chi connectivity index (χ4n) is 2.73. The van der Waals surface area contributed by atoms with E-state index in [0.717, 1.165) is 32.1 Å². The molecular weight excluding hydrogens is 390 g/mol. The van der Waals surface area contributed by atoms with Crippen LogP contribution in [0.25, 0.3) is 10.8 Å². The van der Waals surface area contributed by atoms with E-state index in [1.807, 2.05) is 79.7 Å². The van der Waals surface area contributed by atoms with Crippen molar-refractivity contribution in [2.24, 2.45) is 5.10 Å². The quantitative estimate of drug-likeness (QED) is 0.502. The summed E-state index contributed by atoms with van der Waals surface area (Å²) in [5, 5.41) is 6.23. The topological polar surface area (TPSA) is 44.7 Å². The highest BCUT2D eigenvalue weighted by Gasteiger charge is 2.08. The van der Waals surface area contributed by atoms with E-state index in [1.54, 1.807) is 6.21 Å². The van der Waals surface area contributed by atoms with Gasteiger partial charge in [-0.3, -0.25) is 4.79 Å². The molecule has 0 saturated heterocycles. The number of nitrogens with one attached hydrogen (secondary N) is 1. The third-order valence-corrected chi connectivity index (χ3v) is 4.82. The second-order valence-corrected chi connectivity index (χ2v) is 7.06. The number of amides is 1. The Kier molecular flexibility index (Phi) is 5.68. The lowest BCUT2D eigenvalue weighted by Crippen LogP contribution is -2.19. The summed E-state index contributed by atoms with van der Waals surface area (Å²) < 4.78 is 1.02. The molecule has 1 amide bonds. The molecule has 0 radical (unpaired) electrons. The summed E-state index contributed by atoms with van der Waals surface area (Å²) in [4.78, 5) is 14.3. The van der Waals surface area contributed by atoms with Gasteiger partial charge in [-0.2, -0.15) is 5.10 Å². The first-order valence-corrected chi connectivity index (χ1v) is 9.09. The van der Waals surface area contributed by atoms with E-state index in [1.165, 1.54) is 0 Å². The number of hydrogen-bond donors (Lipinski definition) is 1. The second-order valence-electron chi connectivity index (χ2n) is 6.21. The third kappa shape index (κ3) is 4.29. The summed E-state index contributed by atoms with van der Waals surface area (Å²) in [5.41, 5.74) is 5.64. The Morgan fingerprint density at radius 3 is 2.42 bits per heavy atom. The molecule has 0 spiro atoms. The zero-order valence-corrected chi connectivity index (χ0v) is 16.3. The fourth-order valence-corrected chi connectivity index (χ4v) is 3.21. The van der Waals surface area contributed by atoms with Crippen LogP contribution in [0.5, 0.6) is 0 Å². The van der Waals surface area contributed by atoms with E-state index in [9.17, 15) is 4.79 Å². The van der Waals surface area contributed by atoms with Gasteiger partial charge in [0.2, 0.25) is 5.91 Å². The molecule has 1 N–H and O–H groups in total. The van der Waals surface area contributed by atoms with Crippen LogP contribution in [0.4, 0.5) is 5.69 Å². The van der Waals surface area contributed by atoms with Gasteiger partial charge in [0.05, 0.1) is 12.6 Å². The number of benzene rings is 3. The number of carbonyl (C=O) groups is 1. The number of anilines is 1. The van der Waals surface area contributed by atoms with Crippen LogP contribution in [0.1, 0.15) is 11.1 Å². The number of fused-ring (bicyclic) bond motifs is 1. The largest absolute Gasteiger partial charge is 0.378 e. The van der Waals surface area contributed by atoms with Crippen LogP contribution < -0.4 is 10.3 Å². The van der Waals surface area contributed by atoms with Crippen molar-refractivity contribution in [2.75, 3.05) is 19.0 Å². The van der Waals surface area contributed by atoms with Gasteiger partial charge in [0.25, 0.3) is 0 Å². The van der Waals surface area contributed by atoms with E-state index >= 15 is 0 Å². The summed E-state index contributed by atoms with van der Waals surface area (Å²) >= 11 is 3.55. The van der Waals surface area contributed by atoms with Crippen molar-refractivity contribution in [3.8, 4) is 0 Å². The maximum atomic E-state index is 12.2. The Morgan fingerprint density at radius 2 is 1.73 bits per heavy atom. The summed E-state index contributed by atoms with van der Waals surface area (Å²) in [6.07, 6.45) is 1.93. The molecule has 0 heterocycles. The number of rotatable bonds is 5. The smallest absolute Gasteiger partial charge is 0.244 e. The molecule has 3 aromatic rings. The van der Waals surface area contributed by atoms with Crippen molar-refractivity contribution in [3.63, 3.8) is 0 Å². The predicted octanol–water partition coefficient (Wildman–Crippen LogP) is 4.36. The second kappa shape index (κ2) is 8.15. The van der Waals surface area contributed by atoms with Crippen molar-refractivity contribution < 1.29 is 4.79 Å². The van der Waals surface area contributed by atoms with E-state index in [0.29, 0.717) is 0 Å². The summed E-state index contributed by atoms with van der Waals surface area (Å²) in [5.74, 6) is -0.140. The molecule has 0 saturated carbocycles. The van der Waals surface area contributed by atoms with Crippen LogP contribution in [0.15, 0.2) is 70.2 Å². The van der Waals surface area contributed by atoms with Crippen molar-refractivity contribution in [1.82, 2.24) is 5.43 Å². The maximum absolute atomic E-state index is 12.2. The Hall–Kier alpha value is -2.66. The molecule has 0 aliphatic heterocycles. The van der Waals surface area contributed by atoms with Crippen molar-refractivity contribution in [1.29, 1.82) is 0 Å². The Bertz CT molecular complexity index is 949. The molecule has 0 aliphatic rings. The van der Waals surface area contributed by atoms with Gasteiger partial charge in [0.15, 0.2) is 0 Å². The molecule has 3 rings (SSSR count). The molecule has 0 aliphatic carbocycles. The number of nitrogens with zero attached hydrogens (tertiary/aromatic N) is 2. The Balaban J connectivity index is 1.65. The highest BCUT2D eigenvalue weighted by atomic mass is 79.9. The number of hydrogen-bond acceptors (Lipinski definition) is 3. The molecule has 3 aromatic carbocycles. The van der Waals surface area contributed by atoms with Gasteiger partial charge in [-0.25, -0.2) is 5.43 Å². The van der Waals surface area contributed by atoms with Crippen molar-refractivity contribution in [3.05, 3.63) is 76.3 Å². The lowest BCUT2D eigenvalue weighted by atomic mass is 10.0. The molecule has 0 aromatic heterocycles. The van der Waals surface area contributed by atoms with Crippen LogP contribution in [0, 0.1) is 0 Å². The molecule has 0 unspecified atom stereocenters. The van der Waals surface area contributed by atoms with Gasteiger partial charge in [-0.15, -0.1) is 0 Å². The lowest BCUT2D eigenvalue weighted by molar-refractivity contribution is -0.120. The molecule has 0 atom stereocenters. The Morgan fingerprint density at radius 1 is 1.04 bits per heavy atom. The maximum Gasteiger partial charge on any atom is 0.244 e. The van der Waals surface area contributed by atoms with E-state index < -0.39 is 0 Å². The van der Waals surface area contributed by atoms with Gasteiger partial charge in [0, 0.05) is 24.3 Å². The predicted molar refractivity (Wildman–Crippen MR) is 112 cm³/mol. The van der Waals surface area contributed by atoms with E-state index in [4.69, 9.17) is 0 Å². The SMILES string of the molecule is CN(C)c1ccc(/C=N/NC(=O)Cc2ccc(Br)c3ccccc23)cc1. The lowest BCUT2D eigenvalue weighted by Gasteiger charge is -2.11. The normalized spacial score (nSPS) is 11.0. The van der Waals surface area contributed by atoms with Gasteiger partial charge in [0.1, 0.15) is 0 Å². The third-order valence-electron chi connectivity index (χ3n) is 4.12. The first-order valence-electron chi connectivity index (χ1n) is 8.30. The monoisotopic (exact) mass is 409 g/mol. The molecule has 26 heavy (non-hydrogen) atoms. The van der Waals surface area contributed by atoms with Gasteiger partial charge >= 0.3 is 0 Å². The molecule has 0 bridgehead atoms. The van der Waals surface area contributed by atoms with Gasteiger partial charge in [-0.05, 0) is 40.1 Å². The van der Waals surface area contributed by atoms with Gasteiger partial charge in [-0.1, -0.05) is 58.4 Å². The minimum Gasteiger partial charge on any atom is -0.378 e. The zero-order chi connectivity index (χ0) is 18.5. The van der Waals surface area contributed by atoms with E-state index in [2.05, 4.69) is 26.5 Å². The standard InChI is InChI=1S/C21H20BrN3O/c1-25(2)17-10-7-15(8-11-17)14-23-24-21(26)13-16-9-12-20(22)19-6-4-3-5-18(16)19/h3-12,14H,13H2,1-2H3,(H,24,26)/b23-14+. The molecule has 132 valence electrons.